The van der Waals surface area contributed by atoms with E-state index in [0.29, 0.717) is 10.0 Å². The van der Waals surface area contributed by atoms with E-state index in [1.54, 1.807) is 36.4 Å². The number of hydrazine groups is 1. The Kier molecular flexibility index (Phi) is 4.70. The van der Waals surface area contributed by atoms with Gasteiger partial charge in [-0.05, 0) is 18.2 Å². The van der Waals surface area contributed by atoms with Gasteiger partial charge in [0.1, 0.15) is 0 Å². The largest absolute Gasteiger partial charge is 0.473 e. The highest BCUT2D eigenvalue weighted by atomic mass is 79.9. The summed E-state index contributed by atoms with van der Waals surface area (Å²) in [6.07, 6.45) is -1.02. The highest BCUT2D eigenvalue weighted by Crippen LogP contribution is 2.27. The van der Waals surface area contributed by atoms with Crippen LogP contribution in [0.2, 0.25) is 0 Å². The molecular formula is C14H12BrFN2O2. The lowest BCUT2D eigenvalue weighted by Gasteiger charge is -2.18. The number of hydrogen-bond acceptors (Lipinski definition) is 3. The zero-order chi connectivity index (χ0) is 14.5. The summed E-state index contributed by atoms with van der Waals surface area (Å²) in [5, 5.41) is 0. The first kappa shape index (κ1) is 14.5. The first-order chi connectivity index (χ1) is 9.61. The highest BCUT2D eigenvalue weighted by molar-refractivity contribution is 9.10. The Balaban J connectivity index is 2.34. The van der Waals surface area contributed by atoms with E-state index < -0.39 is 17.8 Å². The van der Waals surface area contributed by atoms with E-state index in [2.05, 4.69) is 15.9 Å². The molecule has 4 nitrogen and oxygen atoms in total. The van der Waals surface area contributed by atoms with Gasteiger partial charge in [0.2, 0.25) is 6.10 Å². The molecule has 3 N–H and O–H groups in total. The van der Waals surface area contributed by atoms with Gasteiger partial charge in [-0.15, -0.1) is 0 Å². The van der Waals surface area contributed by atoms with Crippen LogP contribution in [-0.2, 0) is 4.79 Å². The van der Waals surface area contributed by atoms with Gasteiger partial charge in [0.25, 0.3) is 5.91 Å². The van der Waals surface area contributed by atoms with E-state index in [4.69, 9.17) is 10.6 Å². The van der Waals surface area contributed by atoms with Crippen LogP contribution in [0.4, 0.5) is 4.39 Å². The Labute approximate surface area is 123 Å². The van der Waals surface area contributed by atoms with E-state index in [1.165, 1.54) is 12.1 Å². The first-order valence-electron chi connectivity index (χ1n) is 5.79. The molecule has 0 saturated carbocycles. The summed E-state index contributed by atoms with van der Waals surface area (Å²) in [6.45, 7) is 0. The molecule has 2 aromatic rings. The fourth-order valence-electron chi connectivity index (χ4n) is 1.67. The fraction of sp³-hybridized carbons (Fsp3) is 0.0714. The van der Waals surface area contributed by atoms with Crippen molar-refractivity contribution in [1.82, 2.24) is 5.43 Å². The second kappa shape index (κ2) is 6.49. The van der Waals surface area contributed by atoms with Gasteiger partial charge in [-0.25, -0.2) is 10.2 Å². The number of carbonyl (C=O) groups is 1. The molecule has 2 aromatic carbocycles. The van der Waals surface area contributed by atoms with Crippen LogP contribution in [-0.4, -0.2) is 5.91 Å². The number of carbonyl (C=O) groups excluding carboxylic acids is 1. The molecule has 0 spiro atoms. The Morgan fingerprint density at radius 1 is 1.25 bits per heavy atom. The molecule has 0 radical (unpaired) electrons. The van der Waals surface area contributed by atoms with Crippen LogP contribution < -0.4 is 16.0 Å². The number of ether oxygens (including phenoxy) is 1. The molecule has 104 valence electrons. The average molecular weight is 339 g/mol. The monoisotopic (exact) mass is 338 g/mol. The second-order valence-corrected chi connectivity index (χ2v) is 4.91. The fourth-order valence-corrected chi connectivity index (χ4v) is 2.01. The Bertz CT molecular complexity index is 607. The van der Waals surface area contributed by atoms with E-state index in [9.17, 15) is 9.18 Å². The van der Waals surface area contributed by atoms with Crippen molar-refractivity contribution < 1.29 is 13.9 Å². The minimum Gasteiger partial charge on any atom is -0.473 e. The van der Waals surface area contributed by atoms with E-state index in [1.807, 2.05) is 5.43 Å². The van der Waals surface area contributed by atoms with Crippen LogP contribution in [0.1, 0.15) is 11.7 Å². The molecule has 0 fully saturated rings. The topological polar surface area (TPSA) is 64.3 Å². The smallest absolute Gasteiger partial charge is 0.279 e. The first-order valence-corrected chi connectivity index (χ1v) is 6.58. The lowest BCUT2D eigenvalue weighted by Crippen LogP contribution is -2.37. The molecule has 1 atom stereocenters. The van der Waals surface area contributed by atoms with Gasteiger partial charge < -0.3 is 4.74 Å². The van der Waals surface area contributed by atoms with Gasteiger partial charge in [-0.3, -0.25) is 10.2 Å². The minimum atomic E-state index is -1.02. The summed E-state index contributed by atoms with van der Waals surface area (Å²) in [5.74, 6) is 4.00. The van der Waals surface area contributed by atoms with Gasteiger partial charge in [-0.2, -0.15) is 0 Å². The third kappa shape index (κ3) is 3.34. The summed E-state index contributed by atoms with van der Waals surface area (Å²) >= 11 is 3.22. The van der Waals surface area contributed by atoms with E-state index >= 15 is 0 Å². The molecule has 1 amide bonds. The molecule has 0 aliphatic rings. The Morgan fingerprint density at radius 3 is 2.60 bits per heavy atom. The number of benzene rings is 2. The number of nitrogens with two attached hydrogens (primary N) is 1. The summed E-state index contributed by atoms with van der Waals surface area (Å²) in [7, 11) is 0. The normalized spacial score (nSPS) is 11.8. The predicted octanol–water partition coefficient (Wildman–Crippen LogP) is 2.70. The average Bonchev–Trinajstić information content (AvgIpc) is 2.48. The highest BCUT2D eigenvalue weighted by Gasteiger charge is 2.23. The van der Waals surface area contributed by atoms with Gasteiger partial charge in [-0.1, -0.05) is 46.3 Å². The van der Waals surface area contributed by atoms with Gasteiger partial charge >= 0.3 is 0 Å². The number of halogens is 2. The van der Waals surface area contributed by atoms with Crippen LogP contribution in [0.5, 0.6) is 5.75 Å². The SMILES string of the molecule is NNC(=O)C(Oc1cc(Br)ccc1F)c1ccccc1. The summed E-state index contributed by atoms with van der Waals surface area (Å²) in [4.78, 5) is 11.8. The molecule has 0 saturated heterocycles. The number of nitrogens with one attached hydrogen (secondary N) is 1. The third-order valence-corrected chi connectivity index (χ3v) is 3.11. The van der Waals surface area contributed by atoms with Crippen LogP contribution in [0.15, 0.2) is 53.0 Å². The lowest BCUT2D eigenvalue weighted by atomic mass is 10.1. The molecule has 0 aromatic heterocycles. The molecule has 0 aliphatic carbocycles. The standard InChI is InChI=1S/C14H12BrFN2O2/c15-10-6-7-11(16)12(8-10)20-13(14(19)18-17)9-4-2-1-3-5-9/h1-8,13H,17H2,(H,18,19). The maximum absolute atomic E-state index is 13.7. The molecule has 0 aliphatic heterocycles. The molecule has 20 heavy (non-hydrogen) atoms. The molecule has 0 heterocycles. The van der Waals surface area contributed by atoms with Crippen molar-refractivity contribution in [3.8, 4) is 5.75 Å². The second-order valence-electron chi connectivity index (χ2n) is 3.99. The van der Waals surface area contributed by atoms with Crippen LogP contribution in [0.25, 0.3) is 0 Å². The maximum atomic E-state index is 13.7. The zero-order valence-electron chi connectivity index (χ0n) is 10.3. The summed E-state index contributed by atoms with van der Waals surface area (Å²) < 4.78 is 19.8. The molecule has 2 rings (SSSR count). The number of rotatable bonds is 4. The minimum absolute atomic E-state index is 0.0307. The van der Waals surface area contributed by atoms with Crippen molar-refractivity contribution in [3.05, 3.63) is 64.4 Å². The molecule has 6 heteroatoms. The maximum Gasteiger partial charge on any atom is 0.279 e. The van der Waals surface area contributed by atoms with Crippen LogP contribution >= 0.6 is 15.9 Å². The number of hydrogen-bond donors (Lipinski definition) is 2. The van der Waals surface area contributed by atoms with Crippen molar-refractivity contribution >= 4 is 21.8 Å². The van der Waals surface area contributed by atoms with Crippen LogP contribution in [0, 0.1) is 5.82 Å². The van der Waals surface area contributed by atoms with Gasteiger partial charge in [0.15, 0.2) is 11.6 Å². The quantitative estimate of drug-likeness (QED) is 0.511. The molecule has 0 bridgehead atoms. The summed E-state index contributed by atoms with van der Waals surface area (Å²) in [5.41, 5.74) is 2.60. The Morgan fingerprint density at radius 2 is 1.95 bits per heavy atom. The van der Waals surface area contributed by atoms with Gasteiger partial charge in [0, 0.05) is 10.0 Å². The van der Waals surface area contributed by atoms with Crippen LogP contribution in [0.3, 0.4) is 0 Å². The predicted molar refractivity (Wildman–Crippen MR) is 76.2 cm³/mol. The molecular weight excluding hydrogens is 327 g/mol. The Hall–Kier alpha value is -1.92. The zero-order valence-corrected chi connectivity index (χ0v) is 11.9. The third-order valence-electron chi connectivity index (χ3n) is 2.62. The van der Waals surface area contributed by atoms with Crippen molar-refractivity contribution in [3.63, 3.8) is 0 Å². The van der Waals surface area contributed by atoms with Gasteiger partial charge in [0.05, 0.1) is 0 Å². The molecule has 1 unspecified atom stereocenters. The summed E-state index contributed by atoms with van der Waals surface area (Å²) in [6, 6.07) is 13.0. The van der Waals surface area contributed by atoms with Crippen molar-refractivity contribution in [2.75, 3.05) is 0 Å². The lowest BCUT2D eigenvalue weighted by molar-refractivity contribution is -0.128. The van der Waals surface area contributed by atoms with E-state index in [-0.39, 0.29) is 5.75 Å². The number of amides is 1. The van der Waals surface area contributed by atoms with E-state index in [0.717, 1.165) is 0 Å². The van der Waals surface area contributed by atoms with Crippen molar-refractivity contribution in [2.24, 2.45) is 5.84 Å². The van der Waals surface area contributed by atoms with Crippen molar-refractivity contribution in [2.45, 2.75) is 6.10 Å². The van der Waals surface area contributed by atoms with Crippen molar-refractivity contribution in [1.29, 1.82) is 0 Å².